The molecule has 4 rings (SSSR count). The number of amides is 3. The number of fused-ring (bicyclic) bond motifs is 1. The largest absolute Gasteiger partial charge is 0.387 e. The van der Waals surface area contributed by atoms with Crippen molar-refractivity contribution in [3.63, 3.8) is 0 Å². The van der Waals surface area contributed by atoms with E-state index in [1.54, 1.807) is 61.8 Å². The lowest BCUT2D eigenvalue weighted by atomic mass is 10.0. The Morgan fingerprint density at radius 3 is 2.30 bits per heavy atom. The lowest BCUT2D eigenvalue weighted by Gasteiger charge is -2.24. The molecule has 190 valence electrons. The summed E-state index contributed by atoms with van der Waals surface area (Å²) >= 11 is 7.06. The van der Waals surface area contributed by atoms with Gasteiger partial charge in [-0.05, 0) is 49.2 Å². The number of carbonyl (C=O) groups is 3. The van der Waals surface area contributed by atoms with Crippen molar-refractivity contribution >= 4 is 51.5 Å². The van der Waals surface area contributed by atoms with Crippen LogP contribution in [-0.4, -0.2) is 47.4 Å². The van der Waals surface area contributed by atoms with E-state index < -0.39 is 17.9 Å². The highest BCUT2D eigenvalue weighted by atomic mass is 35.5. The van der Waals surface area contributed by atoms with E-state index >= 15 is 0 Å². The quantitative estimate of drug-likeness (QED) is 0.272. The topological polar surface area (TPSA) is 102 Å². The maximum absolute atomic E-state index is 13.4. The van der Waals surface area contributed by atoms with Crippen LogP contribution in [0.5, 0.6) is 0 Å². The van der Waals surface area contributed by atoms with Gasteiger partial charge in [0.1, 0.15) is 11.0 Å². The van der Waals surface area contributed by atoms with E-state index in [0.717, 1.165) is 10.5 Å². The van der Waals surface area contributed by atoms with Crippen LogP contribution in [0.15, 0.2) is 65.6 Å². The minimum absolute atomic E-state index is 0.0438. The van der Waals surface area contributed by atoms with Crippen molar-refractivity contribution in [2.24, 2.45) is 0 Å². The van der Waals surface area contributed by atoms with Gasteiger partial charge in [-0.25, -0.2) is 4.39 Å². The van der Waals surface area contributed by atoms with E-state index in [9.17, 15) is 18.8 Å². The highest BCUT2D eigenvalue weighted by molar-refractivity contribution is 7.12. The Balaban J connectivity index is 1.58. The first kappa shape index (κ1) is 26.2. The number of nitrogens with zero attached hydrogens (tertiary/aromatic N) is 1. The molecular weight excluding hydrogens is 515 g/mol. The van der Waals surface area contributed by atoms with Crippen molar-refractivity contribution in [2.75, 3.05) is 13.6 Å². The molecule has 3 amide bonds. The van der Waals surface area contributed by atoms with Gasteiger partial charge in [0.2, 0.25) is 0 Å². The molecule has 2 aromatic carbocycles. The normalized spacial score (nSPS) is 14.2. The monoisotopic (exact) mass is 538 g/mol. The summed E-state index contributed by atoms with van der Waals surface area (Å²) in [6.07, 6.45) is 0.280. The van der Waals surface area contributed by atoms with Crippen molar-refractivity contribution in [1.82, 2.24) is 15.5 Å². The molecule has 0 fully saturated rings. The smallest absolute Gasteiger partial charge is 0.261 e. The number of imide groups is 1. The van der Waals surface area contributed by atoms with Gasteiger partial charge >= 0.3 is 0 Å². The third-order valence-electron chi connectivity index (χ3n) is 6.08. The molecule has 2 heterocycles. The van der Waals surface area contributed by atoms with E-state index in [1.165, 1.54) is 23.5 Å². The number of halogens is 2. The number of rotatable bonds is 9. The first-order valence-corrected chi connectivity index (χ1v) is 12.7. The molecule has 0 spiro atoms. The second kappa shape index (κ2) is 11.1. The minimum atomic E-state index is -0.622. The van der Waals surface area contributed by atoms with E-state index in [4.69, 9.17) is 17.0 Å². The van der Waals surface area contributed by atoms with Crippen molar-refractivity contribution in [3.05, 3.63) is 98.5 Å². The van der Waals surface area contributed by atoms with Crippen LogP contribution in [0.25, 0.3) is 5.70 Å². The Labute approximate surface area is 222 Å². The molecule has 3 aromatic rings. The SMILES string of the molecule is CN/C(=C(/C)C(=N)Cl)c1csc(C(=O)N[C@@H](Cc2ccc(F)cc2)CN2C(=O)c3ccccc3C2=O)c1. The molecule has 0 radical (unpaired) electrons. The van der Waals surface area contributed by atoms with Crippen molar-refractivity contribution in [1.29, 1.82) is 5.41 Å². The molecule has 0 saturated carbocycles. The third kappa shape index (κ3) is 5.63. The Hall–Kier alpha value is -3.82. The molecule has 7 nitrogen and oxygen atoms in total. The molecule has 0 unspecified atom stereocenters. The van der Waals surface area contributed by atoms with Crippen LogP contribution in [0.2, 0.25) is 0 Å². The Morgan fingerprint density at radius 1 is 1.11 bits per heavy atom. The van der Waals surface area contributed by atoms with Crippen molar-refractivity contribution in [2.45, 2.75) is 19.4 Å². The first-order chi connectivity index (χ1) is 17.7. The zero-order valence-electron chi connectivity index (χ0n) is 20.1. The number of carbonyl (C=O) groups excluding carboxylic acids is 3. The number of hydrogen-bond acceptors (Lipinski definition) is 6. The van der Waals surface area contributed by atoms with Crippen LogP contribution in [0.4, 0.5) is 4.39 Å². The van der Waals surface area contributed by atoms with Crippen LogP contribution in [0.1, 0.15) is 48.4 Å². The van der Waals surface area contributed by atoms with Crippen LogP contribution in [-0.2, 0) is 6.42 Å². The Morgan fingerprint density at radius 2 is 1.73 bits per heavy atom. The molecule has 3 N–H and O–H groups in total. The van der Waals surface area contributed by atoms with Gasteiger partial charge in [-0.1, -0.05) is 35.9 Å². The van der Waals surface area contributed by atoms with E-state index in [-0.39, 0.29) is 29.9 Å². The van der Waals surface area contributed by atoms with E-state index in [2.05, 4.69) is 10.6 Å². The number of nitrogens with one attached hydrogen (secondary N) is 3. The summed E-state index contributed by atoms with van der Waals surface area (Å²) in [5.74, 6) is -1.60. The second-order valence-corrected chi connectivity index (χ2v) is 9.82. The maximum Gasteiger partial charge on any atom is 0.261 e. The van der Waals surface area contributed by atoms with Crippen LogP contribution in [0, 0.1) is 11.2 Å². The summed E-state index contributed by atoms with van der Waals surface area (Å²) in [6, 6.07) is 13.5. The van der Waals surface area contributed by atoms with E-state index in [0.29, 0.717) is 32.8 Å². The second-order valence-electron chi connectivity index (χ2n) is 8.53. The van der Waals surface area contributed by atoms with Crippen LogP contribution in [0.3, 0.4) is 0 Å². The highest BCUT2D eigenvalue weighted by Crippen LogP contribution is 2.25. The van der Waals surface area contributed by atoms with Gasteiger partial charge < -0.3 is 10.6 Å². The Kier molecular flexibility index (Phi) is 7.85. The number of benzene rings is 2. The van der Waals surface area contributed by atoms with Gasteiger partial charge in [0.05, 0.1) is 22.0 Å². The number of allylic oxidation sites excluding steroid dienone is 1. The summed E-state index contributed by atoms with van der Waals surface area (Å²) < 4.78 is 13.4. The van der Waals surface area contributed by atoms with Gasteiger partial charge in [-0.2, -0.15) is 0 Å². The lowest BCUT2D eigenvalue weighted by Crippen LogP contribution is -2.46. The van der Waals surface area contributed by atoms with Crippen molar-refractivity contribution in [3.8, 4) is 0 Å². The average molecular weight is 539 g/mol. The molecule has 10 heteroatoms. The van der Waals surface area contributed by atoms with Gasteiger partial charge in [0, 0.05) is 35.8 Å². The molecule has 0 aliphatic carbocycles. The zero-order chi connectivity index (χ0) is 26.7. The summed E-state index contributed by atoms with van der Waals surface area (Å²) in [6.45, 7) is 1.66. The van der Waals surface area contributed by atoms with Gasteiger partial charge in [0.25, 0.3) is 17.7 Å². The zero-order valence-corrected chi connectivity index (χ0v) is 21.7. The fourth-order valence-corrected chi connectivity index (χ4v) is 5.09. The van der Waals surface area contributed by atoms with Crippen LogP contribution >= 0.6 is 22.9 Å². The third-order valence-corrected chi connectivity index (χ3v) is 7.29. The van der Waals surface area contributed by atoms with Gasteiger partial charge in [-0.15, -0.1) is 11.3 Å². The first-order valence-electron chi connectivity index (χ1n) is 11.4. The predicted octanol–water partition coefficient (Wildman–Crippen LogP) is 4.69. The Bertz CT molecular complexity index is 1380. The standard InChI is InChI=1S/C27H24ClFN4O3S/c1-15(24(28)30)23(31-2)17-12-22(37-14-17)25(34)32-19(11-16-7-9-18(29)10-8-16)13-33-26(35)20-5-3-4-6-21(20)27(33)36/h3-10,12,14,19,30-31H,11,13H2,1-2H3,(H,32,34)/b23-15-,30-24?/t19-/m0/s1. The fourth-order valence-electron chi connectivity index (χ4n) is 4.19. The number of thiophene rings is 1. The van der Waals surface area contributed by atoms with Gasteiger partial charge in [0.15, 0.2) is 0 Å². The average Bonchev–Trinajstić information content (AvgIpc) is 3.46. The van der Waals surface area contributed by atoms with E-state index in [1.807, 2.05) is 0 Å². The van der Waals surface area contributed by atoms with Crippen molar-refractivity contribution < 1.29 is 18.8 Å². The predicted molar refractivity (Wildman–Crippen MR) is 143 cm³/mol. The molecule has 37 heavy (non-hydrogen) atoms. The number of hydrogen-bond donors (Lipinski definition) is 3. The van der Waals surface area contributed by atoms with Gasteiger partial charge in [-0.3, -0.25) is 24.7 Å². The molecule has 1 aliphatic heterocycles. The molecule has 0 saturated heterocycles. The summed E-state index contributed by atoms with van der Waals surface area (Å²) in [7, 11) is 1.71. The van der Waals surface area contributed by atoms with Crippen LogP contribution < -0.4 is 10.6 Å². The summed E-state index contributed by atoms with van der Waals surface area (Å²) in [5, 5.41) is 15.3. The molecular formula is C27H24ClFN4O3S. The molecule has 1 aromatic heterocycles. The molecule has 1 atom stereocenters. The minimum Gasteiger partial charge on any atom is -0.387 e. The fraction of sp³-hybridized carbons (Fsp3) is 0.185. The maximum atomic E-state index is 13.4. The summed E-state index contributed by atoms with van der Waals surface area (Å²) in [4.78, 5) is 40.6. The summed E-state index contributed by atoms with van der Waals surface area (Å²) in [5.41, 5.74) is 3.27. The molecule has 1 aliphatic rings. The highest BCUT2D eigenvalue weighted by Gasteiger charge is 2.36. The molecule has 0 bridgehead atoms. The lowest BCUT2D eigenvalue weighted by molar-refractivity contribution is 0.0629.